The number of nitrogens with zero attached hydrogens (tertiary/aromatic N) is 2. The summed E-state index contributed by atoms with van der Waals surface area (Å²) >= 11 is 0. The highest BCUT2D eigenvalue weighted by molar-refractivity contribution is 4.73. The van der Waals surface area contributed by atoms with Crippen LogP contribution in [0.3, 0.4) is 0 Å². The lowest BCUT2D eigenvalue weighted by Crippen LogP contribution is -2.31. The zero-order valence-electron chi connectivity index (χ0n) is 11.3. The highest BCUT2D eigenvalue weighted by Crippen LogP contribution is 2.09. The van der Waals surface area contributed by atoms with Gasteiger partial charge in [-0.15, -0.1) is 0 Å². The molecule has 0 bridgehead atoms. The summed E-state index contributed by atoms with van der Waals surface area (Å²) in [7, 11) is 6.53. The predicted octanol–water partition coefficient (Wildman–Crippen LogP) is 1.40. The molecule has 3 nitrogen and oxygen atoms in total. The Balaban J connectivity index is 1.99. The first-order valence-corrected chi connectivity index (χ1v) is 6.75. The SMILES string of the molecule is CN(C)CCCCNC1CCCN(C)CC1. The zero-order chi connectivity index (χ0) is 11.8. The van der Waals surface area contributed by atoms with Crippen LogP contribution in [0, 0.1) is 0 Å². The molecule has 1 atom stereocenters. The monoisotopic (exact) mass is 227 g/mol. The smallest absolute Gasteiger partial charge is 0.00797 e. The first-order valence-electron chi connectivity index (χ1n) is 6.75. The summed E-state index contributed by atoms with van der Waals surface area (Å²) < 4.78 is 0. The van der Waals surface area contributed by atoms with E-state index in [1.807, 2.05) is 0 Å². The average molecular weight is 227 g/mol. The largest absolute Gasteiger partial charge is 0.314 e. The van der Waals surface area contributed by atoms with Crippen molar-refractivity contribution in [3.63, 3.8) is 0 Å². The third kappa shape index (κ3) is 6.46. The van der Waals surface area contributed by atoms with Gasteiger partial charge in [0.15, 0.2) is 0 Å². The minimum atomic E-state index is 0.768. The summed E-state index contributed by atoms with van der Waals surface area (Å²) in [4.78, 5) is 4.72. The van der Waals surface area contributed by atoms with E-state index in [0.717, 1.165) is 6.04 Å². The number of likely N-dealkylation sites (tertiary alicyclic amines) is 1. The molecule has 0 aromatic heterocycles. The summed E-state index contributed by atoms with van der Waals surface area (Å²) in [6.45, 7) is 4.95. The van der Waals surface area contributed by atoms with Gasteiger partial charge in [0.2, 0.25) is 0 Å². The van der Waals surface area contributed by atoms with Crippen LogP contribution in [0.1, 0.15) is 32.1 Å². The maximum Gasteiger partial charge on any atom is 0.00797 e. The van der Waals surface area contributed by atoms with Crippen LogP contribution < -0.4 is 5.32 Å². The van der Waals surface area contributed by atoms with Crippen LogP contribution in [0.25, 0.3) is 0 Å². The highest BCUT2D eigenvalue weighted by atomic mass is 15.1. The number of nitrogens with one attached hydrogen (secondary N) is 1. The van der Waals surface area contributed by atoms with Crippen molar-refractivity contribution in [3.05, 3.63) is 0 Å². The van der Waals surface area contributed by atoms with Crippen molar-refractivity contribution in [2.45, 2.75) is 38.1 Å². The molecule has 0 saturated carbocycles. The van der Waals surface area contributed by atoms with E-state index < -0.39 is 0 Å². The van der Waals surface area contributed by atoms with Crippen molar-refractivity contribution in [2.75, 3.05) is 47.3 Å². The Bertz CT molecular complexity index is 171. The van der Waals surface area contributed by atoms with Gasteiger partial charge in [-0.2, -0.15) is 0 Å². The maximum atomic E-state index is 3.71. The van der Waals surface area contributed by atoms with Gasteiger partial charge in [-0.25, -0.2) is 0 Å². The molecule has 1 unspecified atom stereocenters. The van der Waals surface area contributed by atoms with Crippen molar-refractivity contribution >= 4 is 0 Å². The Labute approximate surface area is 101 Å². The lowest BCUT2D eigenvalue weighted by Gasteiger charge is -2.17. The van der Waals surface area contributed by atoms with Gasteiger partial charge >= 0.3 is 0 Å². The third-order valence-corrected chi connectivity index (χ3v) is 3.42. The fraction of sp³-hybridized carbons (Fsp3) is 1.00. The summed E-state index contributed by atoms with van der Waals surface area (Å²) in [5, 5.41) is 3.71. The Morgan fingerprint density at radius 3 is 2.75 bits per heavy atom. The molecule has 3 heteroatoms. The second-order valence-electron chi connectivity index (χ2n) is 5.40. The van der Waals surface area contributed by atoms with Crippen molar-refractivity contribution in [2.24, 2.45) is 0 Å². The number of hydrogen-bond donors (Lipinski definition) is 1. The Morgan fingerprint density at radius 2 is 2.00 bits per heavy atom. The molecule has 1 aliphatic rings. The van der Waals surface area contributed by atoms with Crippen molar-refractivity contribution in [3.8, 4) is 0 Å². The highest BCUT2D eigenvalue weighted by Gasteiger charge is 2.13. The molecule has 1 rings (SSSR count). The molecule has 0 amide bonds. The van der Waals surface area contributed by atoms with E-state index in [0.29, 0.717) is 0 Å². The van der Waals surface area contributed by atoms with E-state index in [1.54, 1.807) is 0 Å². The fourth-order valence-corrected chi connectivity index (χ4v) is 2.30. The maximum absolute atomic E-state index is 3.71. The van der Waals surface area contributed by atoms with Gasteiger partial charge in [0.1, 0.15) is 0 Å². The number of unbranched alkanes of at least 4 members (excludes halogenated alkanes) is 1. The molecule has 0 aromatic rings. The molecule has 1 heterocycles. The molecule has 16 heavy (non-hydrogen) atoms. The minimum Gasteiger partial charge on any atom is -0.314 e. The molecule has 1 N–H and O–H groups in total. The first kappa shape index (κ1) is 13.9. The van der Waals surface area contributed by atoms with Crippen LogP contribution in [0.2, 0.25) is 0 Å². The van der Waals surface area contributed by atoms with E-state index >= 15 is 0 Å². The molecule has 0 aromatic carbocycles. The van der Waals surface area contributed by atoms with Gasteiger partial charge < -0.3 is 15.1 Å². The quantitative estimate of drug-likeness (QED) is 0.692. The first-order chi connectivity index (χ1) is 7.68. The van der Waals surface area contributed by atoms with E-state index in [-0.39, 0.29) is 0 Å². The molecule has 96 valence electrons. The summed E-state index contributed by atoms with van der Waals surface area (Å²) in [5.74, 6) is 0. The molecule has 1 saturated heterocycles. The average Bonchev–Trinajstić information content (AvgIpc) is 2.43. The van der Waals surface area contributed by atoms with Crippen LogP contribution in [-0.2, 0) is 0 Å². The zero-order valence-corrected chi connectivity index (χ0v) is 11.3. The van der Waals surface area contributed by atoms with Gasteiger partial charge in [0, 0.05) is 6.04 Å². The van der Waals surface area contributed by atoms with Crippen LogP contribution in [-0.4, -0.2) is 63.2 Å². The van der Waals surface area contributed by atoms with Gasteiger partial charge in [0.05, 0.1) is 0 Å². The minimum absolute atomic E-state index is 0.768. The second-order valence-corrected chi connectivity index (χ2v) is 5.40. The van der Waals surface area contributed by atoms with Gasteiger partial charge in [-0.3, -0.25) is 0 Å². The normalized spacial score (nSPS) is 23.6. The van der Waals surface area contributed by atoms with E-state index in [1.165, 1.54) is 58.3 Å². The Hall–Kier alpha value is -0.120. The van der Waals surface area contributed by atoms with E-state index in [2.05, 4.69) is 36.3 Å². The Kier molecular flexibility index (Phi) is 7.01. The summed E-state index contributed by atoms with van der Waals surface area (Å²) in [6, 6.07) is 0.768. The predicted molar refractivity (Wildman–Crippen MR) is 70.9 cm³/mol. The van der Waals surface area contributed by atoms with Gasteiger partial charge in [0.25, 0.3) is 0 Å². The van der Waals surface area contributed by atoms with Crippen LogP contribution in [0.4, 0.5) is 0 Å². The fourth-order valence-electron chi connectivity index (χ4n) is 2.30. The van der Waals surface area contributed by atoms with Crippen LogP contribution in [0.5, 0.6) is 0 Å². The molecule has 0 spiro atoms. The molecule has 1 aliphatic heterocycles. The number of hydrogen-bond acceptors (Lipinski definition) is 3. The molecule has 1 fully saturated rings. The lowest BCUT2D eigenvalue weighted by molar-refractivity contribution is 0.342. The van der Waals surface area contributed by atoms with Gasteiger partial charge in [-0.05, 0) is 79.4 Å². The molecular formula is C13H29N3. The van der Waals surface area contributed by atoms with Crippen molar-refractivity contribution < 1.29 is 0 Å². The van der Waals surface area contributed by atoms with Gasteiger partial charge in [-0.1, -0.05) is 0 Å². The van der Waals surface area contributed by atoms with Crippen LogP contribution >= 0.6 is 0 Å². The van der Waals surface area contributed by atoms with Crippen LogP contribution in [0.15, 0.2) is 0 Å². The molecule has 0 aliphatic carbocycles. The van der Waals surface area contributed by atoms with Crippen molar-refractivity contribution in [1.29, 1.82) is 0 Å². The number of rotatable bonds is 6. The summed E-state index contributed by atoms with van der Waals surface area (Å²) in [6.07, 6.45) is 6.66. The second kappa shape index (κ2) is 8.04. The third-order valence-electron chi connectivity index (χ3n) is 3.42. The van der Waals surface area contributed by atoms with E-state index in [4.69, 9.17) is 0 Å². The molecule has 0 radical (unpaired) electrons. The molecular weight excluding hydrogens is 198 g/mol. The van der Waals surface area contributed by atoms with Crippen molar-refractivity contribution in [1.82, 2.24) is 15.1 Å². The standard InChI is InChI=1S/C13H29N3/c1-15(2)10-5-4-9-14-13-7-6-11-16(3)12-8-13/h13-14H,4-12H2,1-3H3. The van der Waals surface area contributed by atoms with E-state index in [9.17, 15) is 0 Å². The lowest BCUT2D eigenvalue weighted by atomic mass is 10.1. The topological polar surface area (TPSA) is 18.5 Å². The summed E-state index contributed by atoms with van der Waals surface area (Å²) in [5.41, 5.74) is 0. The Morgan fingerprint density at radius 1 is 1.19 bits per heavy atom.